The van der Waals surface area contributed by atoms with Gasteiger partial charge >= 0.3 is 6.18 Å². The highest BCUT2D eigenvalue weighted by Crippen LogP contribution is 2.36. The molecule has 1 aliphatic rings. The minimum atomic E-state index is -4.63. The van der Waals surface area contributed by atoms with Crippen LogP contribution in [0.25, 0.3) is 0 Å². The van der Waals surface area contributed by atoms with E-state index < -0.39 is 22.6 Å². The Morgan fingerprint density at radius 3 is 2.14 bits per heavy atom. The minimum Gasteiger partial charge on any atom is -0.360 e. The standard InChI is InChI=1S/C15H25F3N2OS/c1-9-7-20(8-14(9,5)6)11(21)10(13(2,3)4)19-12(22)15(16,17)18/h9-10H,7-8H2,1-6H3,(H,19,22). The lowest BCUT2D eigenvalue weighted by Gasteiger charge is -2.34. The molecule has 0 bridgehead atoms. The summed E-state index contributed by atoms with van der Waals surface area (Å²) >= 11 is 4.39. The van der Waals surface area contributed by atoms with Crippen LogP contribution in [0.15, 0.2) is 0 Å². The van der Waals surface area contributed by atoms with Gasteiger partial charge in [0.25, 0.3) is 0 Å². The number of likely N-dealkylation sites (tertiary alicyclic amines) is 1. The molecule has 2 unspecified atom stereocenters. The number of carbonyl (C=O) groups excluding carboxylic acids is 1. The summed E-state index contributed by atoms with van der Waals surface area (Å²) in [5, 5.41) is 2.23. The number of hydrogen-bond donors (Lipinski definition) is 1. The predicted octanol–water partition coefficient (Wildman–Crippen LogP) is 3.38. The fraction of sp³-hybridized carbons (Fsp3) is 0.867. The molecule has 0 spiro atoms. The SMILES string of the molecule is CC1CN(C(=O)C(NC(=S)C(F)(F)F)C(C)(C)C)CC1(C)C. The molecular weight excluding hydrogens is 313 g/mol. The lowest BCUT2D eigenvalue weighted by Crippen LogP contribution is -2.56. The van der Waals surface area contributed by atoms with E-state index in [9.17, 15) is 18.0 Å². The Labute approximate surface area is 135 Å². The fourth-order valence-electron chi connectivity index (χ4n) is 2.50. The van der Waals surface area contributed by atoms with E-state index in [-0.39, 0.29) is 11.3 Å². The van der Waals surface area contributed by atoms with E-state index in [4.69, 9.17) is 0 Å². The Hall–Kier alpha value is -0.850. The van der Waals surface area contributed by atoms with Gasteiger partial charge in [-0.1, -0.05) is 53.8 Å². The van der Waals surface area contributed by atoms with E-state index in [1.165, 1.54) is 0 Å². The summed E-state index contributed by atoms with van der Waals surface area (Å²) < 4.78 is 38.1. The average molecular weight is 338 g/mol. The first kappa shape index (κ1) is 19.2. The van der Waals surface area contributed by atoms with E-state index in [1.807, 2.05) is 6.92 Å². The van der Waals surface area contributed by atoms with Crippen molar-refractivity contribution in [2.45, 2.75) is 53.8 Å². The molecule has 1 N–H and O–H groups in total. The number of nitrogens with zero attached hydrogens (tertiary/aromatic N) is 1. The lowest BCUT2D eigenvalue weighted by molar-refractivity contribution is -0.135. The molecule has 1 saturated heterocycles. The van der Waals surface area contributed by atoms with Crippen LogP contribution in [0.5, 0.6) is 0 Å². The molecule has 0 aromatic carbocycles. The van der Waals surface area contributed by atoms with Gasteiger partial charge in [0.05, 0.1) is 0 Å². The molecule has 22 heavy (non-hydrogen) atoms. The minimum absolute atomic E-state index is 0.0391. The van der Waals surface area contributed by atoms with Crippen molar-refractivity contribution in [2.24, 2.45) is 16.7 Å². The zero-order valence-corrected chi connectivity index (χ0v) is 14.8. The zero-order chi connectivity index (χ0) is 17.5. The summed E-state index contributed by atoms with van der Waals surface area (Å²) in [6.45, 7) is 12.5. The van der Waals surface area contributed by atoms with Crippen LogP contribution in [-0.4, -0.2) is 41.1 Å². The van der Waals surface area contributed by atoms with Crippen LogP contribution in [0.3, 0.4) is 0 Å². The molecule has 0 aliphatic carbocycles. The summed E-state index contributed by atoms with van der Waals surface area (Å²) in [7, 11) is 0. The average Bonchev–Trinajstić information content (AvgIpc) is 2.57. The molecule has 1 aliphatic heterocycles. The smallest absolute Gasteiger partial charge is 0.360 e. The van der Waals surface area contributed by atoms with E-state index in [1.54, 1.807) is 25.7 Å². The Kier molecular flexibility index (Phi) is 5.22. The Morgan fingerprint density at radius 1 is 1.32 bits per heavy atom. The van der Waals surface area contributed by atoms with Crippen LogP contribution in [0.2, 0.25) is 0 Å². The van der Waals surface area contributed by atoms with Crippen molar-refractivity contribution in [2.75, 3.05) is 13.1 Å². The molecule has 0 aromatic rings. The van der Waals surface area contributed by atoms with Gasteiger partial charge in [-0.05, 0) is 16.7 Å². The molecule has 3 nitrogen and oxygen atoms in total. The number of thiocarbonyl (C=S) groups is 1. The van der Waals surface area contributed by atoms with E-state index >= 15 is 0 Å². The largest absolute Gasteiger partial charge is 0.441 e. The maximum Gasteiger partial charge on any atom is 0.441 e. The second kappa shape index (κ2) is 5.98. The van der Waals surface area contributed by atoms with Crippen molar-refractivity contribution in [3.8, 4) is 0 Å². The van der Waals surface area contributed by atoms with Crippen molar-refractivity contribution in [1.29, 1.82) is 0 Å². The van der Waals surface area contributed by atoms with Gasteiger partial charge in [0.2, 0.25) is 5.91 Å². The van der Waals surface area contributed by atoms with Gasteiger partial charge in [0, 0.05) is 13.1 Å². The predicted molar refractivity (Wildman–Crippen MR) is 84.6 cm³/mol. The van der Waals surface area contributed by atoms with Crippen molar-refractivity contribution < 1.29 is 18.0 Å². The van der Waals surface area contributed by atoms with Gasteiger partial charge in [-0.2, -0.15) is 13.2 Å². The number of carbonyl (C=O) groups is 1. The molecule has 128 valence electrons. The highest BCUT2D eigenvalue weighted by atomic mass is 32.1. The first-order valence-corrected chi connectivity index (χ1v) is 7.73. The molecule has 0 radical (unpaired) electrons. The first-order chi connectivity index (χ1) is 9.66. The number of nitrogens with one attached hydrogen (secondary N) is 1. The van der Waals surface area contributed by atoms with Crippen LogP contribution >= 0.6 is 12.2 Å². The summed E-state index contributed by atoms with van der Waals surface area (Å²) in [4.78, 5) is 13.1. The van der Waals surface area contributed by atoms with Crippen molar-refractivity contribution in [3.63, 3.8) is 0 Å². The van der Waals surface area contributed by atoms with Crippen molar-refractivity contribution in [1.82, 2.24) is 10.2 Å². The molecule has 0 saturated carbocycles. The molecule has 1 fully saturated rings. The second-order valence-electron chi connectivity index (χ2n) is 7.88. The molecule has 7 heteroatoms. The summed E-state index contributed by atoms with van der Waals surface area (Å²) in [5.41, 5.74) is -0.717. The number of hydrogen-bond acceptors (Lipinski definition) is 2. The molecule has 0 aromatic heterocycles. The third-order valence-corrected chi connectivity index (χ3v) is 4.73. The van der Waals surface area contributed by atoms with Gasteiger partial charge in [0.15, 0.2) is 4.99 Å². The quantitative estimate of drug-likeness (QED) is 0.784. The Bertz CT molecular complexity index is 455. The highest BCUT2D eigenvalue weighted by Gasteiger charge is 2.45. The third kappa shape index (κ3) is 4.33. The van der Waals surface area contributed by atoms with Crippen LogP contribution in [0, 0.1) is 16.7 Å². The van der Waals surface area contributed by atoms with Gasteiger partial charge < -0.3 is 10.2 Å². The number of rotatable bonds is 2. The van der Waals surface area contributed by atoms with Crippen LogP contribution in [0.4, 0.5) is 13.2 Å². The van der Waals surface area contributed by atoms with Crippen LogP contribution in [-0.2, 0) is 4.79 Å². The number of alkyl halides is 3. The fourth-order valence-corrected chi connectivity index (χ4v) is 2.62. The maximum atomic E-state index is 12.7. The van der Waals surface area contributed by atoms with Gasteiger partial charge in [-0.25, -0.2) is 0 Å². The second-order valence-corrected chi connectivity index (χ2v) is 8.29. The molecule has 1 heterocycles. The van der Waals surface area contributed by atoms with E-state index in [0.29, 0.717) is 19.0 Å². The Morgan fingerprint density at radius 2 is 1.82 bits per heavy atom. The summed E-state index contributed by atoms with van der Waals surface area (Å²) in [6, 6.07) is -0.997. The highest BCUT2D eigenvalue weighted by molar-refractivity contribution is 7.80. The third-order valence-electron chi connectivity index (χ3n) is 4.38. The number of amides is 1. The molecule has 2 atom stereocenters. The summed E-state index contributed by atoms with van der Waals surface area (Å²) in [6.07, 6.45) is -4.63. The van der Waals surface area contributed by atoms with Crippen LogP contribution < -0.4 is 5.32 Å². The molecular formula is C15H25F3N2OS. The van der Waals surface area contributed by atoms with Crippen molar-refractivity contribution in [3.05, 3.63) is 0 Å². The van der Waals surface area contributed by atoms with Gasteiger partial charge in [-0.15, -0.1) is 0 Å². The Balaban J connectivity index is 2.95. The monoisotopic (exact) mass is 338 g/mol. The lowest BCUT2D eigenvalue weighted by atomic mass is 9.83. The van der Waals surface area contributed by atoms with E-state index in [2.05, 4.69) is 31.4 Å². The zero-order valence-electron chi connectivity index (χ0n) is 14.0. The number of halogens is 3. The maximum absolute atomic E-state index is 12.7. The first-order valence-electron chi connectivity index (χ1n) is 7.33. The van der Waals surface area contributed by atoms with Crippen LogP contribution in [0.1, 0.15) is 41.5 Å². The normalized spacial score (nSPS) is 23.3. The van der Waals surface area contributed by atoms with Crippen molar-refractivity contribution >= 4 is 23.1 Å². The van der Waals surface area contributed by atoms with Gasteiger partial charge in [-0.3, -0.25) is 4.79 Å². The van der Waals surface area contributed by atoms with Gasteiger partial charge in [0.1, 0.15) is 6.04 Å². The summed E-state index contributed by atoms with van der Waals surface area (Å²) in [5.74, 6) is -0.0249. The van der Waals surface area contributed by atoms with E-state index in [0.717, 1.165) is 0 Å². The topological polar surface area (TPSA) is 32.3 Å². The molecule has 1 amide bonds. The molecule has 1 rings (SSSR count).